The maximum Gasteiger partial charge on any atom is 0.354 e. The molecule has 0 fully saturated rings. The third-order valence-electron chi connectivity index (χ3n) is 3.16. The van der Waals surface area contributed by atoms with Gasteiger partial charge in [-0.15, -0.1) is 0 Å². The van der Waals surface area contributed by atoms with Crippen LogP contribution in [0.5, 0.6) is 0 Å². The maximum atomic E-state index is 12.3. The molecule has 0 radical (unpaired) electrons. The summed E-state index contributed by atoms with van der Waals surface area (Å²) in [6.45, 7) is 1.50. The lowest BCUT2D eigenvalue weighted by atomic mass is 10.2. The van der Waals surface area contributed by atoms with E-state index in [4.69, 9.17) is 5.11 Å². The smallest absolute Gasteiger partial charge is 0.354 e. The monoisotopic (exact) mass is 320 g/mol. The maximum absolute atomic E-state index is 12.3. The van der Waals surface area contributed by atoms with Gasteiger partial charge in [-0.2, -0.15) is 10.2 Å². The summed E-state index contributed by atoms with van der Waals surface area (Å²) in [7, 11) is 3.07. The van der Waals surface area contributed by atoms with Gasteiger partial charge in [-0.3, -0.25) is 14.3 Å². The van der Waals surface area contributed by atoms with Crippen LogP contribution in [0.15, 0.2) is 18.5 Å². The van der Waals surface area contributed by atoms with Gasteiger partial charge in [0, 0.05) is 26.5 Å². The summed E-state index contributed by atoms with van der Waals surface area (Å²) >= 11 is 0. The van der Waals surface area contributed by atoms with Gasteiger partial charge in [-0.25, -0.2) is 9.48 Å². The van der Waals surface area contributed by atoms with E-state index in [2.05, 4.69) is 20.8 Å². The second kappa shape index (κ2) is 6.30. The Morgan fingerprint density at radius 3 is 2.65 bits per heavy atom. The molecule has 10 heteroatoms. The molecular weight excluding hydrogens is 304 g/mol. The highest BCUT2D eigenvalue weighted by Gasteiger charge is 2.24. The van der Waals surface area contributed by atoms with Crippen molar-refractivity contribution in [3.05, 3.63) is 29.8 Å². The van der Waals surface area contributed by atoms with Crippen molar-refractivity contribution in [3.63, 3.8) is 0 Å². The number of anilines is 1. The van der Waals surface area contributed by atoms with Gasteiger partial charge >= 0.3 is 5.97 Å². The van der Waals surface area contributed by atoms with E-state index in [0.29, 0.717) is 0 Å². The summed E-state index contributed by atoms with van der Waals surface area (Å²) in [5.74, 6) is -2.15. The highest BCUT2D eigenvalue weighted by molar-refractivity contribution is 6.03. The molecule has 0 aliphatic rings. The van der Waals surface area contributed by atoms with Gasteiger partial charge in [0.2, 0.25) is 5.91 Å². The zero-order valence-electron chi connectivity index (χ0n) is 12.8. The number of carboxylic acid groups (broad SMARTS) is 1. The molecule has 2 aromatic heterocycles. The average molecular weight is 320 g/mol. The first-order valence-corrected chi connectivity index (χ1v) is 6.68. The van der Waals surface area contributed by atoms with E-state index >= 15 is 0 Å². The standard InChI is InChI=1S/C13H16N6O4/c1-7(19-9(13(22)23)4-5-15-19)11(20)16-8-6-18(3)17-10(8)12(21)14-2/h4-7H,1-3H3,(H,14,21)(H,16,20)(H,22,23). The van der Waals surface area contributed by atoms with Gasteiger partial charge in [0.05, 0.1) is 5.69 Å². The Morgan fingerprint density at radius 2 is 2.04 bits per heavy atom. The van der Waals surface area contributed by atoms with E-state index in [1.165, 1.54) is 37.1 Å². The lowest BCUT2D eigenvalue weighted by molar-refractivity contribution is -0.119. The number of aromatic carboxylic acids is 1. The number of carbonyl (C=O) groups is 3. The van der Waals surface area contributed by atoms with Gasteiger partial charge < -0.3 is 15.7 Å². The summed E-state index contributed by atoms with van der Waals surface area (Å²) in [6.07, 6.45) is 2.78. The van der Waals surface area contributed by atoms with Crippen LogP contribution >= 0.6 is 0 Å². The fraction of sp³-hybridized carbons (Fsp3) is 0.308. The van der Waals surface area contributed by atoms with E-state index in [-0.39, 0.29) is 17.1 Å². The predicted octanol–water partition coefficient (Wildman–Crippen LogP) is -0.126. The van der Waals surface area contributed by atoms with E-state index < -0.39 is 23.8 Å². The molecule has 0 bridgehead atoms. The lowest BCUT2D eigenvalue weighted by Crippen LogP contribution is -2.28. The van der Waals surface area contributed by atoms with Crippen molar-refractivity contribution in [2.45, 2.75) is 13.0 Å². The second-order valence-electron chi connectivity index (χ2n) is 4.78. The first-order chi connectivity index (χ1) is 10.8. The summed E-state index contributed by atoms with van der Waals surface area (Å²) in [6, 6.07) is 0.417. The number of aryl methyl sites for hydroxylation is 1. The Hall–Kier alpha value is -3.17. The van der Waals surface area contributed by atoms with Crippen LogP contribution in [0.2, 0.25) is 0 Å². The molecule has 10 nitrogen and oxygen atoms in total. The number of aromatic nitrogens is 4. The molecule has 0 saturated heterocycles. The molecule has 0 spiro atoms. The average Bonchev–Trinajstić information content (AvgIpc) is 3.12. The molecule has 0 aromatic carbocycles. The Balaban J connectivity index is 2.24. The molecule has 2 rings (SSSR count). The Kier molecular flexibility index (Phi) is 4.44. The third kappa shape index (κ3) is 3.20. The van der Waals surface area contributed by atoms with Crippen LogP contribution in [0.3, 0.4) is 0 Å². The highest BCUT2D eigenvalue weighted by Crippen LogP contribution is 2.17. The molecule has 1 atom stereocenters. The minimum atomic E-state index is -1.19. The first kappa shape index (κ1) is 16.2. The molecule has 2 amide bonds. The van der Waals surface area contributed by atoms with Crippen molar-refractivity contribution in [2.75, 3.05) is 12.4 Å². The van der Waals surface area contributed by atoms with Crippen molar-refractivity contribution >= 4 is 23.5 Å². The molecule has 0 aliphatic heterocycles. The van der Waals surface area contributed by atoms with Crippen molar-refractivity contribution in [1.29, 1.82) is 0 Å². The number of hydrogen-bond donors (Lipinski definition) is 3. The van der Waals surface area contributed by atoms with Crippen molar-refractivity contribution in [2.24, 2.45) is 7.05 Å². The number of carboxylic acids is 1. The van der Waals surface area contributed by atoms with Crippen molar-refractivity contribution in [3.8, 4) is 0 Å². The number of nitrogens with zero attached hydrogens (tertiary/aromatic N) is 4. The third-order valence-corrected chi connectivity index (χ3v) is 3.16. The van der Waals surface area contributed by atoms with Crippen LogP contribution in [0, 0.1) is 0 Å². The molecule has 1 unspecified atom stereocenters. The molecule has 122 valence electrons. The van der Waals surface area contributed by atoms with E-state index in [9.17, 15) is 14.4 Å². The minimum absolute atomic E-state index is 0.0643. The second-order valence-corrected chi connectivity index (χ2v) is 4.78. The number of carbonyl (C=O) groups excluding carboxylic acids is 2. The Morgan fingerprint density at radius 1 is 1.35 bits per heavy atom. The fourth-order valence-electron chi connectivity index (χ4n) is 2.01. The molecule has 0 saturated carbocycles. The topological polar surface area (TPSA) is 131 Å². The molecule has 2 heterocycles. The molecule has 0 aliphatic carbocycles. The van der Waals surface area contributed by atoms with Gasteiger partial charge in [0.15, 0.2) is 5.69 Å². The largest absolute Gasteiger partial charge is 0.477 e. The van der Waals surface area contributed by atoms with Gasteiger partial charge in [0.25, 0.3) is 5.91 Å². The zero-order chi connectivity index (χ0) is 17.1. The normalized spacial score (nSPS) is 11.8. The summed E-state index contributed by atoms with van der Waals surface area (Å²) in [5, 5.41) is 21.9. The number of nitrogens with one attached hydrogen (secondary N) is 2. The minimum Gasteiger partial charge on any atom is -0.477 e. The SMILES string of the molecule is CNC(=O)c1nn(C)cc1NC(=O)C(C)n1nccc1C(=O)O. The predicted molar refractivity (Wildman–Crippen MR) is 79.1 cm³/mol. The van der Waals surface area contributed by atoms with Crippen LogP contribution in [0.4, 0.5) is 5.69 Å². The van der Waals surface area contributed by atoms with Gasteiger partial charge in [-0.1, -0.05) is 0 Å². The summed E-state index contributed by atoms with van der Waals surface area (Å²) in [5.41, 5.74) is 0.188. The Bertz CT molecular complexity index is 762. The molecular formula is C13H16N6O4. The fourth-order valence-corrected chi connectivity index (χ4v) is 2.01. The van der Waals surface area contributed by atoms with Crippen LogP contribution in [0.25, 0.3) is 0 Å². The molecule has 23 heavy (non-hydrogen) atoms. The van der Waals surface area contributed by atoms with E-state index in [0.717, 1.165) is 4.68 Å². The highest BCUT2D eigenvalue weighted by atomic mass is 16.4. The Labute approximate surface area is 131 Å². The van der Waals surface area contributed by atoms with Crippen LogP contribution in [-0.4, -0.2) is 49.5 Å². The van der Waals surface area contributed by atoms with E-state index in [1.807, 2.05) is 0 Å². The van der Waals surface area contributed by atoms with Gasteiger partial charge in [-0.05, 0) is 13.0 Å². The molecule has 3 N–H and O–H groups in total. The number of amides is 2. The summed E-state index contributed by atoms with van der Waals surface area (Å²) < 4.78 is 2.48. The first-order valence-electron chi connectivity index (χ1n) is 6.68. The summed E-state index contributed by atoms with van der Waals surface area (Å²) in [4.78, 5) is 35.2. The molecule has 2 aromatic rings. The van der Waals surface area contributed by atoms with Crippen molar-refractivity contribution in [1.82, 2.24) is 24.9 Å². The van der Waals surface area contributed by atoms with Crippen LogP contribution in [-0.2, 0) is 11.8 Å². The number of hydrogen-bond acceptors (Lipinski definition) is 5. The van der Waals surface area contributed by atoms with Gasteiger partial charge in [0.1, 0.15) is 11.7 Å². The quantitative estimate of drug-likeness (QED) is 0.703. The number of rotatable bonds is 5. The van der Waals surface area contributed by atoms with Crippen LogP contribution in [0.1, 0.15) is 33.9 Å². The lowest BCUT2D eigenvalue weighted by Gasteiger charge is -2.14. The van der Waals surface area contributed by atoms with Crippen LogP contribution < -0.4 is 10.6 Å². The zero-order valence-corrected chi connectivity index (χ0v) is 12.8. The van der Waals surface area contributed by atoms with E-state index in [1.54, 1.807) is 7.05 Å². The van der Waals surface area contributed by atoms with Crippen molar-refractivity contribution < 1.29 is 19.5 Å².